The minimum absolute atomic E-state index is 0.453. The van der Waals surface area contributed by atoms with Gasteiger partial charge in [0.15, 0.2) is 0 Å². The molecule has 17 heavy (non-hydrogen) atoms. The van der Waals surface area contributed by atoms with Crippen molar-refractivity contribution < 1.29 is 0 Å². The Hall–Kier alpha value is -0.570. The van der Waals surface area contributed by atoms with Crippen LogP contribution in [-0.2, 0) is 0 Å². The summed E-state index contributed by atoms with van der Waals surface area (Å²) in [6.07, 6.45) is 4.79. The van der Waals surface area contributed by atoms with Gasteiger partial charge in [0.05, 0.1) is 0 Å². The highest BCUT2D eigenvalue weighted by atomic mass is 35.5. The van der Waals surface area contributed by atoms with E-state index < -0.39 is 0 Å². The zero-order valence-corrected chi connectivity index (χ0v) is 11.0. The van der Waals surface area contributed by atoms with Crippen LogP contribution >= 0.6 is 11.6 Å². The highest BCUT2D eigenvalue weighted by molar-refractivity contribution is 6.31. The van der Waals surface area contributed by atoms with Crippen molar-refractivity contribution in [2.24, 2.45) is 5.73 Å². The number of halogens is 1. The second kappa shape index (κ2) is 6.39. The standard InChI is InChI=1S/C14H21ClN2/c15-13-7-2-1-6-12(13)14(8-5-9-16)17-10-3-4-11-17/h1-2,6-7,14H,3-5,8-11,16H2. The Balaban J connectivity index is 2.16. The summed E-state index contributed by atoms with van der Waals surface area (Å²) in [5, 5.41) is 0.890. The molecule has 2 nitrogen and oxygen atoms in total. The Bertz CT molecular complexity index is 348. The molecule has 1 fully saturated rings. The van der Waals surface area contributed by atoms with Crippen molar-refractivity contribution in [1.29, 1.82) is 0 Å². The van der Waals surface area contributed by atoms with Crippen LogP contribution in [0.3, 0.4) is 0 Å². The first-order valence-electron chi connectivity index (χ1n) is 6.51. The summed E-state index contributed by atoms with van der Waals surface area (Å²) in [6.45, 7) is 3.15. The van der Waals surface area contributed by atoms with E-state index in [2.05, 4.69) is 17.0 Å². The van der Waals surface area contributed by atoms with Crippen LogP contribution in [0.2, 0.25) is 5.02 Å². The van der Waals surface area contributed by atoms with E-state index in [4.69, 9.17) is 17.3 Å². The predicted molar refractivity (Wildman–Crippen MR) is 73.3 cm³/mol. The molecule has 0 radical (unpaired) electrons. The number of hydrogen-bond donors (Lipinski definition) is 1. The quantitative estimate of drug-likeness (QED) is 0.872. The molecule has 1 aromatic rings. The fraction of sp³-hybridized carbons (Fsp3) is 0.571. The van der Waals surface area contributed by atoms with Gasteiger partial charge in [-0.05, 0) is 56.9 Å². The first-order valence-corrected chi connectivity index (χ1v) is 6.89. The van der Waals surface area contributed by atoms with Crippen LogP contribution < -0.4 is 5.73 Å². The zero-order chi connectivity index (χ0) is 12.1. The van der Waals surface area contributed by atoms with Crippen molar-refractivity contribution >= 4 is 11.6 Å². The van der Waals surface area contributed by atoms with Gasteiger partial charge in [-0.3, -0.25) is 4.90 Å². The van der Waals surface area contributed by atoms with Gasteiger partial charge in [0.25, 0.3) is 0 Å². The molecule has 0 saturated carbocycles. The molecule has 0 aromatic heterocycles. The van der Waals surface area contributed by atoms with E-state index in [9.17, 15) is 0 Å². The fourth-order valence-corrected chi connectivity index (χ4v) is 2.91. The molecule has 2 rings (SSSR count). The molecule has 1 unspecified atom stereocenters. The number of nitrogens with zero attached hydrogens (tertiary/aromatic N) is 1. The Morgan fingerprint density at radius 2 is 1.94 bits per heavy atom. The number of hydrogen-bond acceptors (Lipinski definition) is 2. The lowest BCUT2D eigenvalue weighted by molar-refractivity contribution is 0.231. The third-order valence-electron chi connectivity index (χ3n) is 3.53. The highest BCUT2D eigenvalue weighted by Gasteiger charge is 2.24. The van der Waals surface area contributed by atoms with Crippen LogP contribution in [0.25, 0.3) is 0 Å². The topological polar surface area (TPSA) is 29.3 Å². The minimum atomic E-state index is 0.453. The Morgan fingerprint density at radius 3 is 2.59 bits per heavy atom. The molecule has 0 amide bonds. The lowest BCUT2D eigenvalue weighted by Gasteiger charge is -2.28. The normalized spacial score (nSPS) is 18.5. The van der Waals surface area contributed by atoms with Crippen molar-refractivity contribution in [3.05, 3.63) is 34.9 Å². The third-order valence-corrected chi connectivity index (χ3v) is 3.87. The predicted octanol–water partition coefficient (Wildman–Crippen LogP) is 3.22. The van der Waals surface area contributed by atoms with Crippen LogP contribution in [-0.4, -0.2) is 24.5 Å². The average Bonchev–Trinajstić information content (AvgIpc) is 2.85. The fourth-order valence-electron chi connectivity index (χ4n) is 2.64. The molecular formula is C14H21ClN2. The van der Waals surface area contributed by atoms with Crippen molar-refractivity contribution in [1.82, 2.24) is 4.90 Å². The molecule has 3 heteroatoms. The summed E-state index contributed by atoms with van der Waals surface area (Å²) >= 11 is 6.32. The van der Waals surface area contributed by atoms with Gasteiger partial charge in [0, 0.05) is 11.1 Å². The average molecular weight is 253 g/mol. The van der Waals surface area contributed by atoms with Crippen LogP contribution in [0.15, 0.2) is 24.3 Å². The van der Waals surface area contributed by atoms with Crippen molar-refractivity contribution in [2.45, 2.75) is 31.7 Å². The Labute approximate surface area is 109 Å². The Morgan fingerprint density at radius 1 is 1.24 bits per heavy atom. The third kappa shape index (κ3) is 3.21. The lowest BCUT2D eigenvalue weighted by Crippen LogP contribution is -2.26. The monoisotopic (exact) mass is 252 g/mol. The largest absolute Gasteiger partial charge is 0.330 e. The lowest BCUT2D eigenvalue weighted by atomic mass is 10.0. The van der Waals surface area contributed by atoms with E-state index in [-0.39, 0.29) is 0 Å². The van der Waals surface area contributed by atoms with E-state index >= 15 is 0 Å². The molecule has 1 aliphatic rings. The molecular weight excluding hydrogens is 232 g/mol. The van der Waals surface area contributed by atoms with Gasteiger partial charge in [0.2, 0.25) is 0 Å². The van der Waals surface area contributed by atoms with Crippen molar-refractivity contribution in [3.8, 4) is 0 Å². The van der Waals surface area contributed by atoms with Crippen molar-refractivity contribution in [2.75, 3.05) is 19.6 Å². The summed E-state index contributed by atoms with van der Waals surface area (Å²) in [7, 11) is 0. The van der Waals surface area contributed by atoms with Gasteiger partial charge in [-0.15, -0.1) is 0 Å². The first-order chi connectivity index (χ1) is 8.33. The molecule has 2 N–H and O–H groups in total. The molecule has 0 bridgehead atoms. The van der Waals surface area contributed by atoms with Gasteiger partial charge in [-0.2, -0.15) is 0 Å². The molecule has 1 aromatic carbocycles. The van der Waals surface area contributed by atoms with E-state index in [1.807, 2.05) is 12.1 Å². The summed E-state index contributed by atoms with van der Waals surface area (Å²) < 4.78 is 0. The summed E-state index contributed by atoms with van der Waals surface area (Å²) in [5.41, 5.74) is 6.91. The SMILES string of the molecule is NCCCC(c1ccccc1Cl)N1CCCC1. The van der Waals surface area contributed by atoms with Gasteiger partial charge in [-0.1, -0.05) is 29.8 Å². The van der Waals surface area contributed by atoms with Crippen molar-refractivity contribution in [3.63, 3.8) is 0 Å². The number of nitrogens with two attached hydrogens (primary N) is 1. The van der Waals surface area contributed by atoms with Gasteiger partial charge in [-0.25, -0.2) is 0 Å². The van der Waals surface area contributed by atoms with Crippen LogP contribution in [0.1, 0.15) is 37.3 Å². The summed E-state index contributed by atoms with van der Waals surface area (Å²) in [5.74, 6) is 0. The molecule has 1 aliphatic heterocycles. The highest BCUT2D eigenvalue weighted by Crippen LogP contribution is 2.33. The van der Waals surface area contributed by atoms with Gasteiger partial charge < -0.3 is 5.73 Å². The van der Waals surface area contributed by atoms with E-state index in [0.717, 1.165) is 24.4 Å². The second-order valence-corrected chi connectivity index (χ2v) is 5.12. The maximum Gasteiger partial charge on any atom is 0.0453 e. The molecule has 1 saturated heterocycles. The molecule has 1 atom stereocenters. The van der Waals surface area contributed by atoms with E-state index in [1.165, 1.54) is 31.5 Å². The molecule has 0 aliphatic carbocycles. The van der Waals surface area contributed by atoms with Crippen LogP contribution in [0, 0.1) is 0 Å². The molecule has 94 valence electrons. The minimum Gasteiger partial charge on any atom is -0.330 e. The number of benzene rings is 1. The molecule has 0 spiro atoms. The van der Waals surface area contributed by atoms with Crippen LogP contribution in [0.5, 0.6) is 0 Å². The summed E-state index contributed by atoms with van der Waals surface area (Å²) in [4.78, 5) is 2.55. The van der Waals surface area contributed by atoms with Crippen LogP contribution in [0.4, 0.5) is 0 Å². The van der Waals surface area contributed by atoms with Gasteiger partial charge >= 0.3 is 0 Å². The zero-order valence-electron chi connectivity index (χ0n) is 10.2. The second-order valence-electron chi connectivity index (χ2n) is 4.71. The first kappa shape index (κ1) is 12.9. The van der Waals surface area contributed by atoms with E-state index in [0.29, 0.717) is 6.04 Å². The smallest absolute Gasteiger partial charge is 0.0453 e. The van der Waals surface area contributed by atoms with E-state index in [1.54, 1.807) is 0 Å². The summed E-state index contributed by atoms with van der Waals surface area (Å²) in [6, 6.07) is 8.67. The number of rotatable bonds is 5. The molecule has 1 heterocycles. The van der Waals surface area contributed by atoms with Gasteiger partial charge in [0.1, 0.15) is 0 Å². The maximum atomic E-state index is 6.32. The number of likely N-dealkylation sites (tertiary alicyclic amines) is 1. The maximum absolute atomic E-state index is 6.32. The Kier molecular flexibility index (Phi) is 4.84.